The molecule has 1 aliphatic rings. The number of nitrogens with zero attached hydrogens (tertiary/aromatic N) is 1. The molecule has 0 aliphatic heterocycles. The molecule has 23 heavy (non-hydrogen) atoms. The van der Waals surface area contributed by atoms with Gasteiger partial charge in [0.1, 0.15) is 29.6 Å². The molecule has 0 heterocycles. The summed E-state index contributed by atoms with van der Waals surface area (Å²) in [7, 11) is 0. The minimum absolute atomic E-state index is 0.0423. The van der Waals surface area contributed by atoms with Crippen molar-refractivity contribution < 1.29 is 18.6 Å². The van der Waals surface area contributed by atoms with E-state index >= 15 is 0 Å². The van der Waals surface area contributed by atoms with Crippen LogP contribution in [-0.2, 0) is 6.42 Å². The Balaban J connectivity index is 2.03. The van der Waals surface area contributed by atoms with Crippen LogP contribution in [0.4, 0.5) is 8.78 Å². The number of ether oxygens (including phenoxy) is 1. The minimum atomic E-state index is -1.39. The largest absolute Gasteiger partial charge is 0.457 e. The van der Waals surface area contributed by atoms with E-state index in [1.165, 1.54) is 17.8 Å². The van der Waals surface area contributed by atoms with Gasteiger partial charge in [0.2, 0.25) is 0 Å². The van der Waals surface area contributed by atoms with Gasteiger partial charge in [-0.3, -0.25) is 0 Å². The van der Waals surface area contributed by atoms with Crippen LogP contribution in [0.2, 0.25) is 0 Å². The number of aliphatic hydroxyl groups excluding tert-OH is 1. The molecule has 2 atom stereocenters. The van der Waals surface area contributed by atoms with Gasteiger partial charge in [-0.25, -0.2) is 8.78 Å². The zero-order chi connectivity index (χ0) is 16.6. The third kappa shape index (κ3) is 2.90. The molecule has 0 aromatic heterocycles. The highest BCUT2D eigenvalue weighted by Gasteiger charge is 2.35. The van der Waals surface area contributed by atoms with E-state index in [0.29, 0.717) is 16.9 Å². The zero-order valence-corrected chi connectivity index (χ0v) is 13.0. The Hall–Kier alpha value is -2.10. The fourth-order valence-corrected chi connectivity index (χ4v) is 3.40. The normalized spacial score (nSPS) is 19.3. The van der Waals surface area contributed by atoms with Gasteiger partial charge in [-0.1, -0.05) is 0 Å². The number of benzene rings is 2. The highest BCUT2D eigenvalue weighted by atomic mass is 32.2. The van der Waals surface area contributed by atoms with E-state index < -0.39 is 18.1 Å². The maximum atomic E-state index is 13.9. The maximum absolute atomic E-state index is 13.9. The molecular weight excluding hydrogens is 320 g/mol. The third-order valence-corrected chi connectivity index (χ3v) is 4.56. The molecule has 0 unspecified atom stereocenters. The lowest BCUT2D eigenvalue weighted by atomic mass is 10.1. The first kappa shape index (κ1) is 15.8. The molecule has 0 bridgehead atoms. The van der Waals surface area contributed by atoms with Crippen molar-refractivity contribution in [2.45, 2.75) is 23.6 Å². The van der Waals surface area contributed by atoms with E-state index in [1.807, 2.05) is 12.3 Å². The van der Waals surface area contributed by atoms with Gasteiger partial charge in [0.05, 0.1) is 11.6 Å². The van der Waals surface area contributed by atoms with Gasteiger partial charge in [0.15, 0.2) is 0 Å². The number of fused-ring (bicyclic) bond motifs is 1. The monoisotopic (exact) mass is 333 g/mol. The molecule has 6 heteroatoms. The van der Waals surface area contributed by atoms with Crippen molar-refractivity contribution in [1.29, 1.82) is 5.26 Å². The van der Waals surface area contributed by atoms with Crippen molar-refractivity contribution >= 4 is 11.8 Å². The number of halogens is 2. The van der Waals surface area contributed by atoms with Crippen molar-refractivity contribution in [3.63, 3.8) is 0 Å². The average molecular weight is 333 g/mol. The second-order valence-corrected chi connectivity index (χ2v) is 6.06. The maximum Gasteiger partial charge on any atom is 0.134 e. The van der Waals surface area contributed by atoms with Crippen molar-refractivity contribution in [3.05, 3.63) is 52.8 Å². The van der Waals surface area contributed by atoms with Gasteiger partial charge >= 0.3 is 0 Å². The first-order valence-corrected chi connectivity index (χ1v) is 8.16. The highest BCUT2D eigenvalue weighted by Crippen LogP contribution is 2.44. The quantitative estimate of drug-likeness (QED) is 0.858. The SMILES string of the molecule is CSc1ccc(Oc2cc(F)cc(C#N)c2)c2c1[C@H](O)[C@H](F)C2. The van der Waals surface area contributed by atoms with Gasteiger partial charge in [-0.2, -0.15) is 5.26 Å². The van der Waals surface area contributed by atoms with Gasteiger partial charge in [0, 0.05) is 28.5 Å². The fourth-order valence-electron chi connectivity index (χ4n) is 2.73. The van der Waals surface area contributed by atoms with E-state index in [0.717, 1.165) is 17.0 Å². The Morgan fingerprint density at radius 3 is 2.83 bits per heavy atom. The lowest BCUT2D eigenvalue weighted by molar-refractivity contribution is 0.0908. The summed E-state index contributed by atoms with van der Waals surface area (Å²) in [5.41, 5.74) is 1.25. The molecule has 3 nitrogen and oxygen atoms in total. The Morgan fingerprint density at radius 1 is 1.35 bits per heavy atom. The van der Waals surface area contributed by atoms with Crippen LogP contribution in [0.5, 0.6) is 11.5 Å². The summed E-state index contributed by atoms with van der Waals surface area (Å²) in [5, 5.41) is 18.9. The van der Waals surface area contributed by atoms with Gasteiger partial charge in [-0.15, -0.1) is 11.8 Å². The molecule has 0 saturated heterocycles. The molecule has 118 valence electrons. The van der Waals surface area contributed by atoms with E-state index in [2.05, 4.69) is 0 Å². The van der Waals surface area contributed by atoms with E-state index in [9.17, 15) is 13.9 Å². The number of hydrogen-bond acceptors (Lipinski definition) is 4. The first-order chi connectivity index (χ1) is 11.0. The summed E-state index contributed by atoms with van der Waals surface area (Å²) < 4.78 is 33.1. The lowest BCUT2D eigenvalue weighted by Crippen LogP contribution is -2.06. The molecule has 3 rings (SSSR count). The van der Waals surface area contributed by atoms with Crippen LogP contribution in [0.25, 0.3) is 0 Å². The molecule has 0 spiro atoms. The second-order valence-electron chi connectivity index (χ2n) is 5.21. The van der Waals surface area contributed by atoms with E-state index in [-0.39, 0.29) is 17.7 Å². The number of hydrogen-bond donors (Lipinski definition) is 1. The van der Waals surface area contributed by atoms with Crippen molar-refractivity contribution in [2.75, 3.05) is 6.26 Å². The summed E-state index contributed by atoms with van der Waals surface area (Å²) in [6.07, 6.45) is -0.679. The predicted octanol–water partition coefficient (Wildman–Crippen LogP) is 4.14. The fraction of sp³-hybridized carbons (Fsp3) is 0.235. The van der Waals surface area contributed by atoms with Crippen molar-refractivity contribution in [2.24, 2.45) is 0 Å². The molecule has 0 saturated carbocycles. The second kappa shape index (κ2) is 6.19. The minimum Gasteiger partial charge on any atom is -0.457 e. The predicted molar refractivity (Wildman–Crippen MR) is 83.0 cm³/mol. The number of alkyl halides is 1. The molecule has 1 aliphatic carbocycles. The zero-order valence-electron chi connectivity index (χ0n) is 12.2. The number of rotatable bonds is 3. The highest BCUT2D eigenvalue weighted by molar-refractivity contribution is 7.98. The van der Waals surface area contributed by atoms with Crippen LogP contribution < -0.4 is 4.74 Å². The third-order valence-electron chi connectivity index (χ3n) is 3.76. The Kier molecular flexibility index (Phi) is 4.24. The standard InChI is InChI=1S/C17H13F2NO2S/c1-23-15-3-2-14(12-7-13(19)17(21)16(12)15)22-11-5-9(8-20)4-10(18)6-11/h2-6,13,17,21H,7H2,1H3/t13-,17-/m1/s1. The summed E-state index contributed by atoms with van der Waals surface area (Å²) in [5.74, 6) is -0.0521. The molecular formula is C17H13F2NO2S. The van der Waals surface area contributed by atoms with Crippen LogP contribution in [0.15, 0.2) is 35.2 Å². The summed E-state index contributed by atoms with van der Waals surface area (Å²) in [4.78, 5) is 0.789. The molecule has 2 aromatic rings. The van der Waals surface area contributed by atoms with E-state index in [4.69, 9.17) is 10.00 Å². The molecule has 2 aromatic carbocycles. The Labute approximate surface area is 136 Å². The number of nitriles is 1. The van der Waals surface area contributed by atoms with Crippen molar-refractivity contribution in [1.82, 2.24) is 0 Å². The lowest BCUT2D eigenvalue weighted by Gasteiger charge is -2.14. The molecule has 0 fully saturated rings. The van der Waals surface area contributed by atoms with Crippen molar-refractivity contribution in [3.8, 4) is 17.6 Å². The Bertz CT molecular complexity index is 804. The average Bonchev–Trinajstić information content (AvgIpc) is 2.83. The smallest absolute Gasteiger partial charge is 0.134 e. The number of aliphatic hydroxyl groups is 1. The van der Waals surface area contributed by atoms with Gasteiger partial charge < -0.3 is 9.84 Å². The van der Waals surface area contributed by atoms with E-state index in [1.54, 1.807) is 12.1 Å². The first-order valence-electron chi connectivity index (χ1n) is 6.94. The van der Waals surface area contributed by atoms with Crippen LogP contribution in [0.3, 0.4) is 0 Å². The summed E-state index contributed by atoms with van der Waals surface area (Å²) >= 11 is 1.42. The molecule has 0 amide bonds. The molecule has 1 N–H and O–H groups in total. The topological polar surface area (TPSA) is 53.2 Å². The van der Waals surface area contributed by atoms with Gasteiger partial charge in [0.25, 0.3) is 0 Å². The Morgan fingerprint density at radius 2 is 2.13 bits per heavy atom. The van der Waals surface area contributed by atoms with Crippen LogP contribution in [-0.4, -0.2) is 17.5 Å². The van der Waals surface area contributed by atoms with Crippen LogP contribution in [0, 0.1) is 17.1 Å². The number of thioether (sulfide) groups is 1. The van der Waals surface area contributed by atoms with Crippen LogP contribution in [0.1, 0.15) is 22.8 Å². The summed E-state index contributed by atoms with van der Waals surface area (Å²) in [6.45, 7) is 0. The molecule has 0 radical (unpaired) electrons. The van der Waals surface area contributed by atoms with Crippen LogP contribution >= 0.6 is 11.8 Å². The van der Waals surface area contributed by atoms with Gasteiger partial charge in [-0.05, 0) is 30.5 Å². The summed E-state index contributed by atoms with van der Waals surface area (Å²) in [6, 6.07) is 8.95.